The molecule has 0 unspecified atom stereocenters. The quantitative estimate of drug-likeness (QED) is 0.509. The van der Waals surface area contributed by atoms with Gasteiger partial charge in [0.05, 0.1) is 0 Å². The fourth-order valence-electron chi connectivity index (χ4n) is 3.57. The first kappa shape index (κ1) is 20.6. The second-order valence-corrected chi connectivity index (χ2v) is 12.6. The molecule has 2 rings (SSSR count). The highest BCUT2D eigenvalue weighted by Gasteiger charge is 2.50. The van der Waals surface area contributed by atoms with Crippen molar-refractivity contribution in [3.05, 3.63) is 60.7 Å². The standard InChI is InChI=1S/C23H32O2Si/c1-19(16-17-24)20(2)18-25-26(23(3,4)5,21-12-8-6-9-13-21)22-14-10-7-11-15-22/h6-15,17,19-20H,16,18H2,1-5H3/t19-,20+/m1/s1. The molecular formula is C23H32O2Si. The predicted molar refractivity (Wildman–Crippen MR) is 113 cm³/mol. The first-order chi connectivity index (χ1) is 12.3. The van der Waals surface area contributed by atoms with Crippen LogP contribution in [0.1, 0.15) is 41.0 Å². The Kier molecular flexibility index (Phi) is 6.96. The molecule has 140 valence electrons. The number of hydrogen-bond donors (Lipinski definition) is 0. The summed E-state index contributed by atoms with van der Waals surface area (Å²) in [7, 11) is -2.47. The highest BCUT2D eigenvalue weighted by molar-refractivity contribution is 6.99. The molecule has 2 atom stereocenters. The van der Waals surface area contributed by atoms with E-state index in [9.17, 15) is 4.79 Å². The minimum absolute atomic E-state index is 0.0106. The summed E-state index contributed by atoms with van der Waals surface area (Å²) < 4.78 is 6.92. The van der Waals surface area contributed by atoms with E-state index in [1.54, 1.807) is 0 Å². The van der Waals surface area contributed by atoms with Gasteiger partial charge in [0.2, 0.25) is 0 Å². The van der Waals surface area contributed by atoms with Gasteiger partial charge in [-0.05, 0) is 27.2 Å². The summed E-state index contributed by atoms with van der Waals surface area (Å²) in [5, 5.41) is 2.59. The lowest BCUT2D eigenvalue weighted by molar-refractivity contribution is -0.108. The van der Waals surface area contributed by atoms with Gasteiger partial charge in [-0.25, -0.2) is 0 Å². The van der Waals surface area contributed by atoms with Crippen molar-refractivity contribution in [1.29, 1.82) is 0 Å². The van der Waals surface area contributed by atoms with Crippen molar-refractivity contribution in [3.63, 3.8) is 0 Å². The highest BCUT2D eigenvalue weighted by Crippen LogP contribution is 2.37. The van der Waals surface area contributed by atoms with E-state index in [0.717, 1.165) is 6.29 Å². The summed E-state index contributed by atoms with van der Waals surface area (Å²) in [6, 6.07) is 21.4. The zero-order valence-corrected chi connectivity index (χ0v) is 17.7. The molecule has 2 nitrogen and oxygen atoms in total. The van der Waals surface area contributed by atoms with Crippen molar-refractivity contribution >= 4 is 25.0 Å². The Hall–Kier alpha value is -1.71. The molecule has 0 aliphatic heterocycles. The van der Waals surface area contributed by atoms with Gasteiger partial charge in [-0.3, -0.25) is 0 Å². The van der Waals surface area contributed by atoms with Gasteiger partial charge >= 0.3 is 0 Å². The van der Waals surface area contributed by atoms with Crippen molar-refractivity contribution in [2.45, 2.75) is 46.1 Å². The Morgan fingerprint density at radius 1 is 0.885 bits per heavy atom. The van der Waals surface area contributed by atoms with Gasteiger partial charge in [0.15, 0.2) is 0 Å². The van der Waals surface area contributed by atoms with Gasteiger partial charge in [0.25, 0.3) is 8.32 Å². The van der Waals surface area contributed by atoms with Crippen molar-refractivity contribution in [3.8, 4) is 0 Å². The lowest BCUT2D eigenvalue weighted by atomic mass is 9.94. The van der Waals surface area contributed by atoms with E-state index in [1.165, 1.54) is 10.4 Å². The molecule has 0 fully saturated rings. The Balaban J connectivity index is 2.49. The molecular weight excluding hydrogens is 336 g/mol. The van der Waals surface area contributed by atoms with E-state index < -0.39 is 8.32 Å². The molecule has 0 saturated carbocycles. The maximum absolute atomic E-state index is 10.9. The smallest absolute Gasteiger partial charge is 0.261 e. The highest BCUT2D eigenvalue weighted by atomic mass is 28.4. The molecule has 0 bridgehead atoms. The minimum atomic E-state index is -2.47. The van der Waals surface area contributed by atoms with Crippen molar-refractivity contribution < 1.29 is 9.22 Å². The third-order valence-electron chi connectivity index (χ3n) is 5.42. The number of carbonyl (C=O) groups excluding carboxylic acids is 1. The summed E-state index contributed by atoms with van der Waals surface area (Å²) >= 11 is 0. The molecule has 2 aromatic rings. The number of rotatable bonds is 8. The average Bonchev–Trinajstić information content (AvgIpc) is 2.63. The second-order valence-electron chi connectivity index (χ2n) is 8.33. The Morgan fingerprint density at radius 3 is 1.73 bits per heavy atom. The van der Waals surface area contributed by atoms with Crippen LogP contribution in [0.15, 0.2) is 60.7 Å². The van der Waals surface area contributed by atoms with E-state index in [-0.39, 0.29) is 5.04 Å². The zero-order chi connectivity index (χ0) is 19.2. The van der Waals surface area contributed by atoms with E-state index in [2.05, 4.69) is 95.3 Å². The molecule has 26 heavy (non-hydrogen) atoms. The van der Waals surface area contributed by atoms with Gasteiger partial charge in [-0.1, -0.05) is 95.3 Å². The molecule has 0 radical (unpaired) electrons. The van der Waals surface area contributed by atoms with Crippen LogP contribution in [0.4, 0.5) is 0 Å². The van der Waals surface area contributed by atoms with E-state index >= 15 is 0 Å². The molecule has 0 aliphatic carbocycles. The van der Waals surface area contributed by atoms with Gasteiger partial charge < -0.3 is 9.22 Å². The molecule has 0 heterocycles. The average molecular weight is 369 g/mol. The number of carbonyl (C=O) groups is 1. The van der Waals surface area contributed by atoms with Gasteiger partial charge in [0.1, 0.15) is 6.29 Å². The van der Waals surface area contributed by atoms with Crippen molar-refractivity contribution in [1.82, 2.24) is 0 Å². The lowest BCUT2D eigenvalue weighted by Gasteiger charge is -2.43. The van der Waals surface area contributed by atoms with Gasteiger partial charge in [0, 0.05) is 13.0 Å². The lowest BCUT2D eigenvalue weighted by Crippen LogP contribution is -2.67. The van der Waals surface area contributed by atoms with Gasteiger partial charge in [-0.15, -0.1) is 0 Å². The van der Waals surface area contributed by atoms with Crippen LogP contribution in [-0.4, -0.2) is 21.2 Å². The van der Waals surface area contributed by atoms with Crippen LogP contribution in [0.25, 0.3) is 0 Å². The molecule has 3 heteroatoms. The normalized spacial score (nSPS) is 14.7. The number of aldehydes is 1. The Labute approximate surface area is 159 Å². The topological polar surface area (TPSA) is 26.3 Å². The van der Waals surface area contributed by atoms with E-state index in [4.69, 9.17) is 4.43 Å². The fraction of sp³-hybridized carbons (Fsp3) is 0.435. The van der Waals surface area contributed by atoms with Crippen molar-refractivity contribution in [2.75, 3.05) is 6.61 Å². The van der Waals surface area contributed by atoms with E-state index in [1.807, 2.05) is 0 Å². The molecule has 0 spiro atoms. The van der Waals surface area contributed by atoms with Crippen molar-refractivity contribution in [2.24, 2.45) is 11.8 Å². The third kappa shape index (κ3) is 4.33. The summed E-state index contributed by atoms with van der Waals surface area (Å²) in [6.07, 6.45) is 1.61. The minimum Gasteiger partial charge on any atom is -0.407 e. The predicted octanol–water partition coefficient (Wildman–Crippen LogP) is 4.42. The first-order valence-electron chi connectivity index (χ1n) is 9.51. The molecule has 2 aromatic carbocycles. The third-order valence-corrected chi connectivity index (χ3v) is 10.4. The van der Waals surface area contributed by atoms with Crippen LogP contribution in [0.5, 0.6) is 0 Å². The van der Waals surface area contributed by atoms with Crippen LogP contribution in [0.2, 0.25) is 5.04 Å². The summed E-state index contributed by atoms with van der Waals surface area (Å²) in [6.45, 7) is 11.9. The molecule has 0 N–H and O–H groups in total. The maximum Gasteiger partial charge on any atom is 0.261 e. The Morgan fingerprint density at radius 2 is 1.35 bits per heavy atom. The monoisotopic (exact) mass is 368 g/mol. The van der Waals surface area contributed by atoms with Gasteiger partial charge in [-0.2, -0.15) is 0 Å². The van der Waals surface area contributed by atoms with Crippen LogP contribution >= 0.6 is 0 Å². The zero-order valence-electron chi connectivity index (χ0n) is 16.7. The first-order valence-corrected chi connectivity index (χ1v) is 11.4. The largest absolute Gasteiger partial charge is 0.407 e. The molecule has 0 amide bonds. The van der Waals surface area contributed by atoms with Crippen LogP contribution < -0.4 is 10.4 Å². The van der Waals surface area contributed by atoms with E-state index in [0.29, 0.717) is 24.9 Å². The summed E-state index contributed by atoms with van der Waals surface area (Å²) in [4.78, 5) is 10.9. The number of hydrogen-bond acceptors (Lipinski definition) is 2. The van der Waals surface area contributed by atoms with Crippen LogP contribution in [0.3, 0.4) is 0 Å². The molecule has 0 aromatic heterocycles. The summed E-state index contributed by atoms with van der Waals surface area (Å²) in [5.74, 6) is 0.660. The Bertz CT molecular complexity index is 637. The SMILES string of the molecule is C[C@H](CC=O)[C@@H](C)CO[Si](c1ccccc1)(c1ccccc1)C(C)(C)C. The molecule has 0 aliphatic rings. The number of benzene rings is 2. The van der Waals surface area contributed by atoms with Crippen LogP contribution in [-0.2, 0) is 9.22 Å². The second kappa shape index (κ2) is 8.78. The van der Waals surface area contributed by atoms with Crippen LogP contribution in [0, 0.1) is 11.8 Å². The fourth-order valence-corrected chi connectivity index (χ4v) is 8.23. The maximum atomic E-state index is 10.9. The summed E-state index contributed by atoms with van der Waals surface area (Å²) in [5.41, 5.74) is 0. The molecule has 0 saturated heterocycles.